The van der Waals surface area contributed by atoms with Crippen molar-refractivity contribution in [1.29, 1.82) is 0 Å². The second kappa shape index (κ2) is 9.31. The number of nitrogens with one attached hydrogen (secondary N) is 1. The number of hydrogen-bond donors (Lipinski definition) is 1. The molecule has 6 rings (SSSR count). The van der Waals surface area contributed by atoms with Crippen molar-refractivity contribution in [3.05, 3.63) is 84.5 Å². The molecule has 1 amide bonds. The lowest BCUT2D eigenvalue weighted by molar-refractivity contribution is -0.120. The molecule has 1 N–H and O–H groups in total. The normalized spacial score (nSPS) is 15.9. The molecule has 4 heterocycles. The number of rotatable bonds is 5. The van der Waals surface area contributed by atoms with Crippen LogP contribution in [0.2, 0.25) is 0 Å². The second-order valence-electron chi connectivity index (χ2n) is 8.71. The van der Waals surface area contributed by atoms with Crippen molar-refractivity contribution in [2.24, 2.45) is 5.92 Å². The van der Waals surface area contributed by atoms with Gasteiger partial charge in [0.15, 0.2) is 10.8 Å². The molecular formula is C27H24N6OS. The van der Waals surface area contributed by atoms with Crippen LogP contribution in [0.5, 0.6) is 0 Å². The van der Waals surface area contributed by atoms with E-state index in [1.165, 1.54) is 0 Å². The van der Waals surface area contributed by atoms with Crippen LogP contribution in [0, 0.1) is 5.92 Å². The summed E-state index contributed by atoms with van der Waals surface area (Å²) in [4.78, 5) is 20.8. The number of fused-ring (bicyclic) bond motifs is 1. The Morgan fingerprint density at radius 3 is 2.54 bits per heavy atom. The van der Waals surface area contributed by atoms with Crippen LogP contribution < -0.4 is 10.2 Å². The van der Waals surface area contributed by atoms with Crippen molar-refractivity contribution < 1.29 is 4.79 Å². The molecule has 7 nitrogen and oxygen atoms in total. The van der Waals surface area contributed by atoms with E-state index in [1.807, 2.05) is 88.9 Å². The molecule has 1 aliphatic heterocycles. The van der Waals surface area contributed by atoms with E-state index in [4.69, 9.17) is 0 Å². The fourth-order valence-corrected chi connectivity index (χ4v) is 5.19. The van der Waals surface area contributed by atoms with Crippen molar-refractivity contribution in [3.63, 3.8) is 0 Å². The maximum absolute atomic E-state index is 13.0. The van der Waals surface area contributed by atoms with Gasteiger partial charge >= 0.3 is 0 Å². The first-order valence-corrected chi connectivity index (χ1v) is 12.6. The number of anilines is 2. The summed E-state index contributed by atoms with van der Waals surface area (Å²) in [5, 5.41) is 14.0. The summed E-state index contributed by atoms with van der Waals surface area (Å²) in [6.07, 6.45) is 5.82. The first kappa shape index (κ1) is 21.5. The topological polar surface area (TPSA) is 75.4 Å². The minimum Gasteiger partial charge on any atom is -0.354 e. The van der Waals surface area contributed by atoms with E-state index in [0.29, 0.717) is 6.54 Å². The Bertz CT molecular complexity index is 1410. The third-order valence-corrected chi connectivity index (χ3v) is 7.15. The van der Waals surface area contributed by atoms with E-state index >= 15 is 0 Å². The van der Waals surface area contributed by atoms with Crippen molar-refractivity contribution in [1.82, 2.24) is 19.6 Å². The number of carbonyl (C=O) groups excluding carboxylic acids is 1. The molecule has 0 spiro atoms. The Morgan fingerprint density at radius 2 is 1.77 bits per heavy atom. The van der Waals surface area contributed by atoms with Gasteiger partial charge in [0.05, 0.1) is 17.3 Å². The minimum absolute atomic E-state index is 0.0406. The molecule has 1 unspecified atom stereocenters. The van der Waals surface area contributed by atoms with E-state index in [0.717, 1.165) is 58.4 Å². The molecule has 35 heavy (non-hydrogen) atoms. The van der Waals surface area contributed by atoms with Gasteiger partial charge < -0.3 is 10.2 Å². The Balaban J connectivity index is 1.10. The molecule has 174 valence electrons. The number of nitrogens with zero attached hydrogens (tertiary/aromatic N) is 5. The number of carbonyl (C=O) groups is 1. The van der Waals surface area contributed by atoms with Crippen LogP contribution in [0.4, 0.5) is 11.5 Å². The zero-order valence-electron chi connectivity index (χ0n) is 19.0. The average molecular weight is 481 g/mol. The summed E-state index contributed by atoms with van der Waals surface area (Å²) in [6, 6.07) is 21.9. The quantitative estimate of drug-likeness (QED) is 0.366. The first-order chi connectivity index (χ1) is 17.2. The first-order valence-electron chi connectivity index (χ1n) is 11.7. The van der Waals surface area contributed by atoms with Crippen LogP contribution in [0.1, 0.15) is 12.8 Å². The van der Waals surface area contributed by atoms with E-state index in [-0.39, 0.29) is 11.8 Å². The van der Waals surface area contributed by atoms with Gasteiger partial charge in [-0.25, -0.2) is 4.98 Å². The summed E-state index contributed by atoms with van der Waals surface area (Å²) in [7, 11) is 0. The molecule has 0 saturated carbocycles. The summed E-state index contributed by atoms with van der Waals surface area (Å²) in [5.74, 6) is 0.754. The third kappa shape index (κ3) is 4.52. The number of hydrogen-bond acceptors (Lipinski definition) is 6. The molecule has 0 radical (unpaired) electrons. The standard InChI is InChI=1S/C27H24N6OS/c34-26(28-22-10-8-20(9-11-22)24-18-33-15-16-35-27(33)29-24)21-7-4-14-32(17-21)25-13-12-23(30-31-25)19-5-2-1-3-6-19/h1-3,5-6,8-13,15-16,18,21H,4,7,14,17H2,(H,28,34). The Labute approximate surface area is 207 Å². The maximum Gasteiger partial charge on any atom is 0.229 e. The Kier molecular flexibility index (Phi) is 5.71. The van der Waals surface area contributed by atoms with Crippen LogP contribution in [0.3, 0.4) is 0 Å². The largest absolute Gasteiger partial charge is 0.354 e. The van der Waals surface area contributed by atoms with Crippen molar-refractivity contribution >= 4 is 33.7 Å². The van der Waals surface area contributed by atoms with Gasteiger partial charge in [0.2, 0.25) is 5.91 Å². The monoisotopic (exact) mass is 480 g/mol. The van der Waals surface area contributed by atoms with Gasteiger partial charge in [0.25, 0.3) is 0 Å². The highest BCUT2D eigenvalue weighted by Gasteiger charge is 2.27. The van der Waals surface area contributed by atoms with Crippen molar-refractivity contribution in [2.75, 3.05) is 23.3 Å². The molecule has 1 aliphatic rings. The lowest BCUT2D eigenvalue weighted by Crippen LogP contribution is -2.41. The van der Waals surface area contributed by atoms with Crippen molar-refractivity contribution in [3.8, 4) is 22.5 Å². The van der Waals surface area contributed by atoms with Gasteiger partial charge in [-0.05, 0) is 37.1 Å². The molecule has 8 heteroatoms. The smallest absolute Gasteiger partial charge is 0.229 e. The number of imidazole rings is 1. The molecule has 3 aromatic heterocycles. The van der Waals surface area contributed by atoms with Gasteiger partial charge in [-0.15, -0.1) is 21.5 Å². The van der Waals surface area contributed by atoms with E-state index in [1.54, 1.807) is 11.3 Å². The molecule has 1 atom stereocenters. The number of benzene rings is 2. The van der Waals surface area contributed by atoms with Crippen LogP contribution in [-0.4, -0.2) is 38.6 Å². The van der Waals surface area contributed by atoms with Gasteiger partial charge in [-0.1, -0.05) is 42.5 Å². The molecule has 0 bridgehead atoms. The molecule has 2 aromatic carbocycles. The molecule has 1 saturated heterocycles. The molecular weight excluding hydrogens is 456 g/mol. The third-order valence-electron chi connectivity index (χ3n) is 6.38. The van der Waals surface area contributed by atoms with E-state index in [2.05, 4.69) is 25.4 Å². The Hall–Kier alpha value is -4.04. The minimum atomic E-state index is -0.0982. The summed E-state index contributed by atoms with van der Waals surface area (Å²) < 4.78 is 2.02. The fourth-order valence-electron chi connectivity index (χ4n) is 4.49. The summed E-state index contributed by atoms with van der Waals surface area (Å²) >= 11 is 1.61. The number of amides is 1. The second-order valence-corrected chi connectivity index (χ2v) is 9.59. The maximum atomic E-state index is 13.0. The average Bonchev–Trinajstić information content (AvgIpc) is 3.53. The van der Waals surface area contributed by atoms with Crippen LogP contribution in [0.15, 0.2) is 84.5 Å². The molecule has 1 fully saturated rings. The van der Waals surface area contributed by atoms with E-state index in [9.17, 15) is 4.79 Å². The lowest BCUT2D eigenvalue weighted by Gasteiger charge is -2.32. The Morgan fingerprint density at radius 1 is 0.943 bits per heavy atom. The number of piperidine rings is 1. The summed E-state index contributed by atoms with van der Waals surface area (Å²) in [5.41, 5.74) is 4.64. The zero-order chi connectivity index (χ0) is 23.6. The molecule has 5 aromatic rings. The van der Waals surface area contributed by atoms with E-state index < -0.39 is 0 Å². The highest BCUT2D eigenvalue weighted by atomic mass is 32.1. The SMILES string of the molecule is O=C(Nc1ccc(-c2cn3ccsc3n2)cc1)C1CCCN(c2ccc(-c3ccccc3)nn2)C1. The van der Waals surface area contributed by atoms with Crippen LogP contribution in [-0.2, 0) is 4.79 Å². The van der Waals surface area contributed by atoms with Crippen LogP contribution >= 0.6 is 11.3 Å². The van der Waals surface area contributed by atoms with Gasteiger partial charge in [0, 0.05) is 47.7 Å². The van der Waals surface area contributed by atoms with Crippen LogP contribution in [0.25, 0.3) is 27.5 Å². The number of thiazole rings is 1. The molecule has 0 aliphatic carbocycles. The highest BCUT2D eigenvalue weighted by Crippen LogP contribution is 2.26. The predicted molar refractivity (Wildman–Crippen MR) is 140 cm³/mol. The fraction of sp³-hybridized carbons (Fsp3) is 0.185. The van der Waals surface area contributed by atoms with Crippen molar-refractivity contribution in [2.45, 2.75) is 12.8 Å². The predicted octanol–water partition coefficient (Wildman–Crippen LogP) is 5.37. The van der Waals surface area contributed by atoms with Gasteiger partial charge in [-0.2, -0.15) is 0 Å². The summed E-state index contributed by atoms with van der Waals surface area (Å²) in [6.45, 7) is 1.51. The highest BCUT2D eigenvalue weighted by molar-refractivity contribution is 7.15. The lowest BCUT2D eigenvalue weighted by atomic mass is 9.97. The van der Waals surface area contributed by atoms with Gasteiger partial charge in [-0.3, -0.25) is 9.20 Å². The van der Waals surface area contributed by atoms with Gasteiger partial charge in [0.1, 0.15) is 0 Å². The number of aromatic nitrogens is 4. The zero-order valence-corrected chi connectivity index (χ0v) is 19.9.